The fourth-order valence-electron chi connectivity index (χ4n) is 3.25. The number of hydrogen-bond acceptors (Lipinski definition) is 3. The smallest absolute Gasteiger partial charge is 0.121 e. The molecule has 1 N–H and O–H groups in total. The van der Waals surface area contributed by atoms with Gasteiger partial charge in [-0.25, -0.2) is 0 Å². The van der Waals surface area contributed by atoms with E-state index in [0.717, 1.165) is 25.4 Å². The zero-order valence-electron chi connectivity index (χ0n) is 13.3. The highest BCUT2D eigenvalue weighted by Crippen LogP contribution is 2.31. The van der Waals surface area contributed by atoms with E-state index in [1.165, 1.54) is 24.1 Å². The lowest BCUT2D eigenvalue weighted by atomic mass is 9.93. The van der Waals surface area contributed by atoms with Gasteiger partial charge in [-0.3, -0.25) is 4.90 Å². The van der Waals surface area contributed by atoms with E-state index in [1.807, 2.05) is 0 Å². The minimum Gasteiger partial charge on any atom is -0.496 e. The van der Waals surface area contributed by atoms with Crippen LogP contribution in [0, 0.1) is 12.8 Å². The molecule has 0 saturated carbocycles. The Balaban J connectivity index is 2.25. The molecular formula is C17H28N2O. The van der Waals surface area contributed by atoms with Crippen LogP contribution in [0.4, 0.5) is 0 Å². The third-order valence-electron chi connectivity index (χ3n) is 4.16. The van der Waals surface area contributed by atoms with Crippen molar-refractivity contribution in [2.45, 2.75) is 33.2 Å². The molecule has 3 heteroatoms. The summed E-state index contributed by atoms with van der Waals surface area (Å²) >= 11 is 0. The number of ether oxygens (including phenoxy) is 1. The van der Waals surface area contributed by atoms with E-state index in [-0.39, 0.29) is 0 Å². The molecule has 2 rings (SSSR count). The average molecular weight is 276 g/mol. The summed E-state index contributed by atoms with van der Waals surface area (Å²) in [5.74, 6) is 1.59. The number of rotatable bonds is 4. The molecule has 0 amide bonds. The quantitative estimate of drug-likeness (QED) is 0.915. The first kappa shape index (κ1) is 15.3. The molecular weight excluding hydrogens is 248 g/mol. The molecule has 1 fully saturated rings. The van der Waals surface area contributed by atoms with Crippen LogP contribution in [0.3, 0.4) is 0 Å². The summed E-state index contributed by atoms with van der Waals surface area (Å²) in [6, 6.07) is 7.13. The first-order valence-electron chi connectivity index (χ1n) is 7.72. The summed E-state index contributed by atoms with van der Waals surface area (Å²) in [6.07, 6.45) is 1.23. The lowest BCUT2D eigenvalue weighted by molar-refractivity contribution is 0.165. The van der Waals surface area contributed by atoms with Gasteiger partial charge in [-0.1, -0.05) is 26.0 Å². The predicted molar refractivity (Wildman–Crippen MR) is 84.4 cm³/mol. The molecule has 3 nitrogen and oxygen atoms in total. The van der Waals surface area contributed by atoms with E-state index in [0.29, 0.717) is 12.0 Å². The lowest BCUT2D eigenvalue weighted by Crippen LogP contribution is -2.35. The Morgan fingerprint density at radius 2 is 2.00 bits per heavy atom. The van der Waals surface area contributed by atoms with E-state index in [2.05, 4.69) is 49.2 Å². The second kappa shape index (κ2) is 7.09. The van der Waals surface area contributed by atoms with Gasteiger partial charge in [0.15, 0.2) is 0 Å². The van der Waals surface area contributed by atoms with Crippen molar-refractivity contribution in [1.29, 1.82) is 0 Å². The summed E-state index contributed by atoms with van der Waals surface area (Å²) in [5, 5.41) is 3.49. The minimum absolute atomic E-state index is 0.500. The molecule has 0 spiro atoms. The van der Waals surface area contributed by atoms with Gasteiger partial charge in [0.2, 0.25) is 0 Å². The number of methoxy groups -OCH3 is 1. The van der Waals surface area contributed by atoms with Gasteiger partial charge in [0, 0.05) is 25.7 Å². The minimum atomic E-state index is 0.500. The number of nitrogens with one attached hydrogen (secondary N) is 1. The van der Waals surface area contributed by atoms with E-state index in [1.54, 1.807) is 7.11 Å². The normalized spacial score (nSPS) is 18.9. The van der Waals surface area contributed by atoms with Crippen molar-refractivity contribution in [3.63, 3.8) is 0 Å². The fourth-order valence-corrected chi connectivity index (χ4v) is 3.25. The molecule has 0 radical (unpaired) electrons. The molecule has 0 aromatic heterocycles. The van der Waals surface area contributed by atoms with Crippen molar-refractivity contribution in [3.05, 3.63) is 29.3 Å². The summed E-state index contributed by atoms with van der Waals surface area (Å²) in [7, 11) is 1.74. The predicted octanol–water partition coefficient (Wildman–Crippen LogP) is 3.00. The highest BCUT2D eigenvalue weighted by molar-refractivity contribution is 5.37. The van der Waals surface area contributed by atoms with Crippen LogP contribution in [-0.4, -0.2) is 38.2 Å². The molecule has 1 unspecified atom stereocenters. The number of benzene rings is 1. The van der Waals surface area contributed by atoms with Crippen molar-refractivity contribution < 1.29 is 4.74 Å². The molecule has 1 heterocycles. The van der Waals surface area contributed by atoms with Crippen molar-refractivity contribution in [2.75, 3.05) is 33.3 Å². The molecule has 1 aromatic carbocycles. The van der Waals surface area contributed by atoms with Gasteiger partial charge in [0.25, 0.3) is 0 Å². The molecule has 0 aliphatic carbocycles. The second-order valence-electron chi connectivity index (χ2n) is 6.06. The summed E-state index contributed by atoms with van der Waals surface area (Å²) < 4.78 is 5.38. The van der Waals surface area contributed by atoms with E-state index < -0.39 is 0 Å². The zero-order chi connectivity index (χ0) is 14.5. The molecule has 0 bridgehead atoms. The Labute approximate surface area is 123 Å². The maximum Gasteiger partial charge on any atom is 0.121 e. The number of nitrogens with zero attached hydrogens (tertiary/aromatic N) is 1. The first-order valence-corrected chi connectivity index (χ1v) is 7.72. The van der Waals surface area contributed by atoms with Gasteiger partial charge in [0.1, 0.15) is 5.75 Å². The van der Waals surface area contributed by atoms with Crippen LogP contribution in [-0.2, 0) is 0 Å². The Kier molecular flexibility index (Phi) is 5.44. The summed E-state index contributed by atoms with van der Waals surface area (Å²) in [6.45, 7) is 11.3. The maximum absolute atomic E-state index is 5.38. The van der Waals surface area contributed by atoms with Crippen molar-refractivity contribution in [2.24, 2.45) is 5.92 Å². The largest absolute Gasteiger partial charge is 0.496 e. The summed E-state index contributed by atoms with van der Waals surface area (Å²) in [4.78, 5) is 2.63. The van der Waals surface area contributed by atoms with E-state index in [9.17, 15) is 0 Å². The fraction of sp³-hybridized carbons (Fsp3) is 0.647. The van der Waals surface area contributed by atoms with Crippen molar-refractivity contribution >= 4 is 0 Å². The molecule has 1 saturated heterocycles. The average Bonchev–Trinajstić information content (AvgIpc) is 2.68. The zero-order valence-corrected chi connectivity index (χ0v) is 13.3. The highest BCUT2D eigenvalue weighted by atomic mass is 16.5. The lowest BCUT2D eigenvalue weighted by Gasteiger charge is -2.34. The van der Waals surface area contributed by atoms with Crippen LogP contribution in [0.2, 0.25) is 0 Å². The van der Waals surface area contributed by atoms with Gasteiger partial charge in [0.05, 0.1) is 7.11 Å². The van der Waals surface area contributed by atoms with Crippen molar-refractivity contribution in [1.82, 2.24) is 10.2 Å². The van der Waals surface area contributed by atoms with Gasteiger partial charge < -0.3 is 10.1 Å². The molecule has 1 aromatic rings. The van der Waals surface area contributed by atoms with E-state index >= 15 is 0 Å². The third kappa shape index (κ3) is 3.53. The number of hydrogen-bond donors (Lipinski definition) is 1. The standard InChI is InChI=1S/C17H28N2O/c1-13(2)17(19-10-5-8-18-9-11-19)15-6-7-16(20-4)14(3)12-15/h6-7,12-13,17-18H,5,8-11H2,1-4H3. The SMILES string of the molecule is COc1ccc(C(C(C)C)N2CCCNCC2)cc1C. The Bertz CT molecular complexity index is 423. The first-order chi connectivity index (χ1) is 9.63. The summed E-state index contributed by atoms with van der Waals surface area (Å²) in [5.41, 5.74) is 2.64. The number of aryl methyl sites for hydroxylation is 1. The van der Waals surface area contributed by atoms with Crippen LogP contribution in [0.1, 0.15) is 37.4 Å². The molecule has 1 aliphatic rings. The topological polar surface area (TPSA) is 24.5 Å². The van der Waals surface area contributed by atoms with E-state index in [4.69, 9.17) is 4.74 Å². The molecule has 112 valence electrons. The van der Waals surface area contributed by atoms with Crippen LogP contribution >= 0.6 is 0 Å². The monoisotopic (exact) mass is 276 g/mol. The van der Waals surface area contributed by atoms with Gasteiger partial charge in [-0.2, -0.15) is 0 Å². The second-order valence-corrected chi connectivity index (χ2v) is 6.06. The Morgan fingerprint density at radius 3 is 2.65 bits per heavy atom. The Hall–Kier alpha value is -1.06. The molecule has 1 aliphatic heterocycles. The van der Waals surface area contributed by atoms with Crippen LogP contribution in [0.15, 0.2) is 18.2 Å². The maximum atomic E-state index is 5.38. The Morgan fingerprint density at radius 1 is 1.20 bits per heavy atom. The third-order valence-corrected chi connectivity index (χ3v) is 4.16. The van der Waals surface area contributed by atoms with Crippen LogP contribution in [0.25, 0.3) is 0 Å². The molecule has 20 heavy (non-hydrogen) atoms. The van der Waals surface area contributed by atoms with Gasteiger partial charge in [-0.15, -0.1) is 0 Å². The molecule has 1 atom stereocenters. The van der Waals surface area contributed by atoms with Crippen LogP contribution in [0.5, 0.6) is 5.75 Å². The van der Waals surface area contributed by atoms with Gasteiger partial charge >= 0.3 is 0 Å². The van der Waals surface area contributed by atoms with Crippen LogP contribution < -0.4 is 10.1 Å². The van der Waals surface area contributed by atoms with Gasteiger partial charge in [-0.05, 0) is 43.0 Å². The highest BCUT2D eigenvalue weighted by Gasteiger charge is 2.24. The van der Waals surface area contributed by atoms with Crippen molar-refractivity contribution in [3.8, 4) is 5.75 Å².